The molecular formula is C26H32N4O3S. The zero-order chi connectivity index (χ0) is 24.9. The van der Waals surface area contributed by atoms with Crippen LogP contribution < -0.4 is 21.1 Å². The van der Waals surface area contributed by atoms with E-state index in [2.05, 4.69) is 29.2 Å². The van der Waals surface area contributed by atoms with Gasteiger partial charge in [-0.25, -0.2) is 13.2 Å². The van der Waals surface area contributed by atoms with E-state index in [-0.39, 0.29) is 10.4 Å². The van der Waals surface area contributed by atoms with Crippen molar-refractivity contribution >= 4 is 33.1 Å². The van der Waals surface area contributed by atoms with E-state index in [0.29, 0.717) is 29.4 Å². The van der Waals surface area contributed by atoms with Crippen LogP contribution in [0.4, 0.5) is 21.9 Å². The number of carbonyl (C=O) groups is 1. The highest BCUT2D eigenvalue weighted by atomic mass is 32.2. The van der Waals surface area contributed by atoms with E-state index in [1.165, 1.54) is 17.7 Å². The van der Waals surface area contributed by atoms with Crippen molar-refractivity contribution in [1.82, 2.24) is 0 Å². The molecule has 0 aromatic heterocycles. The molecule has 3 rings (SSSR count). The summed E-state index contributed by atoms with van der Waals surface area (Å²) in [6.07, 6.45) is 0.686. The van der Waals surface area contributed by atoms with Gasteiger partial charge in [0.25, 0.3) is 10.0 Å². The molecule has 2 amide bonds. The summed E-state index contributed by atoms with van der Waals surface area (Å²) in [7, 11) is -3.77. The van der Waals surface area contributed by atoms with E-state index >= 15 is 0 Å². The van der Waals surface area contributed by atoms with Gasteiger partial charge in [-0.05, 0) is 85.8 Å². The van der Waals surface area contributed by atoms with E-state index in [9.17, 15) is 13.2 Å². The van der Waals surface area contributed by atoms with E-state index in [1.54, 1.807) is 24.3 Å². The van der Waals surface area contributed by atoms with Crippen LogP contribution in [-0.2, 0) is 16.4 Å². The minimum atomic E-state index is -3.77. The van der Waals surface area contributed by atoms with Gasteiger partial charge in [0, 0.05) is 22.6 Å². The monoisotopic (exact) mass is 480 g/mol. The third-order valence-corrected chi connectivity index (χ3v) is 6.52. The lowest BCUT2D eigenvalue weighted by atomic mass is 9.96. The average molecular weight is 481 g/mol. The predicted molar refractivity (Wildman–Crippen MR) is 139 cm³/mol. The molecule has 0 radical (unpaired) electrons. The molecule has 0 aliphatic carbocycles. The van der Waals surface area contributed by atoms with E-state index in [4.69, 9.17) is 5.73 Å². The Morgan fingerprint density at radius 1 is 0.824 bits per heavy atom. The molecule has 0 aliphatic heterocycles. The number of nitrogens with one attached hydrogen (secondary N) is 3. The van der Waals surface area contributed by atoms with Crippen molar-refractivity contribution in [2.75, 3.05) is 15.4 Å². The van der Waals surface area contributed by atoms with Gasteiger partial charge in [0.05, 0.1) is 4.90 Å². The number of carbonyl (C=O) groups excluding carboxylic acids is 1. The summed E-state index contributed by atoms with van der Waals surface area (Å²) >= 11 is 0. The van der Waals surface area contributed by atoms with E-state index < -0.39 is 16.1 Å². The molecule has 0 heterocycles. The molecule has 7 nitrogen and oxygen atoms in total. The Bertz CT molecular complexity index is 1210. The zero-order valence-electron chi connectivity index (χ0n) is 19.9. The minimum absolute atomic E-state index is 0.0925. The normalized spacial score (nSPS) is 11.8. The van der Waals surface area contributed by atoms with Crippen molar-refractivity contribution < 1.29 is 13.2 Å². The SMILES string of the molecule is CC(C)c1ccc(NC(=O)Nc2ccc(S(=O)(=O)Nc3ccc(CC(C)(C)N)cc3)cc2)cc1. The second-order valence-corrected chi connectivity index (χ2v) is 11.0. The second kappa shape index (κ2) is 10.3. The van der Waals surface area contributed by atoms with Gasteiger partial charge in [-0.2, -0.15) is 0 Å². The summed E-state index contributed by atoms with van der Waals surface area (Å²) < 4.78 is 28.0. The molecule has 0 saturated carbocycles. The number of amides is 2. The Morgan fingerprint density at radius 3 is 1.76 bits per heavy atom. The number of benzene rings is 3. The topological polar surface area (TPSA) is 113 Å². The summed E-state index contributed by atoms with van der Waals surface area (Å²) in [6.45, 7) is 8.09. The molecule has 0 aliphatic rings. The number of hydrogen-bond donors (Lipinski definition) is 4. The van der Waals surface area contributed by atoms with Crippen LogP contribution in [-0.4, -0.2) is 20.0 Å². The van der Waals surface area contributed by atoms with Crippen molar-refractivity contribution in [3.8, 4) is 0 Å². The Labute approximate surface area is 201 Å². The first-order chi connectivity index (χ1) is 15.9. The predicted octanol–water partition coefficient (Wildman–Crippen LogP) is 5.53. The third kappa shape index (κ3) is 7.33. The van der Waals surface area contributed by atoms with Crippen LogP contribution in [0, 0.1) is 0 Å². The summed E-state index contributed by atoms with van der Waals surface area (Å²) in [4.78, 5) is 12.4. The first kappa shape index (κ1) is 25.3. The summed E-state index contributed by atoms with van der Waals surface area (Å²) in [6, 6.07) is 20.3. The minimum Gasteiger partial charge on any atom is -0.325 e. The fraction of sp³-hybridized carbons (Fsp3) is 0.269. The highest BCUT2D eigenvalue weighted by Crippen LogP contribution is 2.21. The lowest BCUT2D eigenvalue weighted by molar-refractivity contribution is 0.262. The van der Waals surface area contributed by atoms with Crippen LogP contribution in [0.1, 0.15) is 44.7 Å². The van der Waals surface area contributed by atoms with Crippen LogP contribution in [0.25, 0.3) is 0 Å². The van der Waals surface area contributed by atoms with Crippen molar-refractivity contribution in [3.63, 3.8) is 0 Å². The van der Waals surface area contributed by atoms with Gasteiger partial charge in [-0.1, -0.05) is 38.1 Å². The molecule has 0 atom stereocenters. The maximum absolute atomic E-state index is 12.7. The molecule has 3 aromatic carbocycles. The van der Waals surface area contributed by atoms with Crippen LogP contribution in [0.3, 0.4) is 0 Å². The van der Waals surface area contributed by atoms with E-state index in [1.807, 2.05) is 50.2 Å². The quantitative estimate of drug-likeness (QED) is 0.339. The number of urea groups is 1. The zero-order valence-corrected chi connectivity index (χ0v) is 20.7. The maximum atomic E-state index is 12.7. The smallest absolute Gasteiger partial charge is 0.323 e. The molecular weight excluding hydrogens is 448 g/mol. The lowest BCUT2D eigenvalue weighted by Crippen LogP contribution is -2.34. The molecule has 0 unspecified atom stereocenters. The number of sulfonamides is 1. The third-order valence-electron chi connectivity index (χ3n) is 5.12. The van der Waals surface area contributed by atoms with Crippen LogP contribution in [0.5, 0.6) is 0 Å². The lowest BCUT2D eigenvalue weighted by Gasteiger charge is -2.18. The Balaban J connectivity index is 1.59. The Hall–Kier alpha value is -3.36. The van der Waals surface area contributed by atoms with Gasteiger partial charge in [0.1, 0.15) is 0 Å². The molecule has 0 bridgehead atoms. The summed E-state index contributed by atoms with van der Waals surface area (Å²) in [5, 5.41) is 5.47. The van der Waals surface area contributed by atoms with Crippen LogP contribution in [0.2, 0.25) is 0 Å². The molecule has 0 fully saturated rings. The average Bonchev–Trinajstić information content (AvgIpc) is 2.74. The Kier molecular flexibility index (Phi) is 7.64. The largest absolute Gasteiger partial charge is 0.325 e. The van der Waals surface area contributed by atoms with Gasteiger partial charge < -0.3 is 16.4 Å². The highest BCUT2D eigenvalue weighted by molar-refractivity contribution is 7.92. The van der Waals surface area contributed by atoms with Crippen LogP contribution in [0.15, 0.2) is 77.7 Å². The van der Waals surface area contributed by atoms with Crippen LogP contribution >= 0.6 is 0 Å². The van der Waals surface area contributed by atoms with Gasteiger partial charge in [-0.15, -0.1) is 0 Å². The fourth-order valence-electron chi connectivity index (χ4n) is 3.39. The van der Waals surface area contributed by atoms with Gasteiger partial charge in [0.2, 0.25) is 0 Å². The van der Waals surface area contributed by atoms with Gasteiger partial charge in [-0.3, -0.25) is 4.72 Å². The number of hydrogen-bond acceptors (Lipinski definition) is 4. The molecule has 5 N–H and O–H groups in total. The number of rotatable bonds is 8. The van der Waals surface area contributed by atoms with Crippen molar-refractivity contribution in [1.29, 1.82) is 0 Å². The molecule has 3 aromatic rings. The fourth-order valence-corrected chi connectivity index (χ4v) is 4.45. The van der Waals surface area contributed by atoms with Gasteiger partial charge >= 0.3 is 6.03 Å². The highest BCUT2D eigenvalue weighted by Gasteiger charge is 2.16. The number of anilines is 3. The molecule has 0 spiro atoms. The van der Waals surface area contributed by atoms with Crippen molar-refractivity contribution in [2.24, 2.45) is 5.73 Å². The maximum Gasteiger partial charge on any atom is 0.323 e. The van der Waals surface area contributed by atoms with Crippen molar-refractivity contribution in [3.05, 3.63) is 83.9 Å². The van der Waals surface area contributed by atoms with Gasteiger partial charge in [0.15, 0.2) is 0 Å². The second-order valence-electron chi connectivity index (χ2n) is 9.35. The Morgan fingerprint density at radius 2 is 1.29 bits per heavy atom. The standard InChI is InChI=1S/C26H32N4O3S/c1-18(2)20-7-11-21(12-8-20)28-25(31)29-22-13-15-24(16-14-22)34(32,33)30-23-9-5-19(6-10-23)17-26(3,4)27/h5-16,18,30H,17,27H2,1-4H3,(H2,28,29,31). The first-order valence-corrected chi connectivity index (χ1v) is 12.6. The molecule has 34 heavy (non-hydrogen) atoms. The molecule has 180 valence electrons. The molecule has 8 heteroatoms. The first-order valence-electron chi connectivity index (χ1n) is 11.1. The number of nitrogens with two attached hydrogens (primary N) is 1. The summed E-state index contributed by atoms with van der Waals surface area (Å²) in [5.41, 5.74) is 9.52. The van der Waals surface area contributed by atoms with E-state index in [0.717, 1.165) is 5.56 Å². The summed E-state index contributed by atoms with van der Waals surface area (Å²) in [5.74, 6) is 0.412. The molecule has 0 saturated heterocycles. The van der Waals surface area contributed by atoms with Crippen molar-refractivity contribution in [2.45, 2.75) is 50.5 Å².